The van der Waals surface area contributed by atoms with Crippen molar-refractivity contribution in [2.75, 3.05) is 19.7 Å². The van der Waals surface area contributed by atoms with Crippen molar-refractivity contribution < 1.29 is 14.3 Å². The van der Waals surface area contributed by atoms with Gasteiger partial charge < -0.3 is 14.4 Å². The fraction of sp³-hybridized carbons (Fsp3) is 0.524. The molecule has 0 N–H and O–H groups in total. The van der Waals surface area contributed by atoms with Crippen LogP contribution in [-0.2, 0) is 11.8 Å². The van der Waals surface area contributed by atoms with Gasteiger partial charge in [-0.25, -0.2) is 14.3 Å². The van der Waals surface area contributed by atoms with Crippen LogP contribution in [-0.4, -0.2) is 60.7 Å². The van der Waals surface area contributed by atoms with E-state index in [2.05, 4.69) is 10.2 Å². The van der Waals surface area contributed by atoms with Gasteiger partial charge in [-0.2, -0.15) is 10.2 Å². The first-order valence-corrected chi connectivity index (χ1v) is 10.2. The van der Waals surface area contributed by atoms with Crippen LogP contribution in [0.4, 0.5) is 4.79 Å². The number of rotatable bonds is 4. The second-order valence-corrected chi connectivity index (χ2v) is 8.74. The number of likely N-dealkylation sites (tertiary alicyclic amines) is 1. The van der Waals surface area contributed by atoms with E-state index >= 15 is 0 Å². The number of hydrogen-bond donors (Lipinski definition) is 0. The summed E-state index contributed by atoms with van der Waals surface area (Å²) in [4.78, 5) is 18.9. The molecule has 1 aliphatic heterocycles. The zero-order chi connectivity index (χ0) is 21.3. The molecule has 1 aliphatic rings. The van der Waals surface area contributed by atoms with Crippen LogP contribution in [0.25, 0.3) is 16.8 Å². The van der Waals surface area contributed by atoms with Gasteiger partial charge in [0.1, 0.15) is 11.1 Å². The molecule has 1 fully saturated rings. The summed E-state index contributed by atoms with van der Waals surface area (Å²) in [6, 6.07) is 1.88. The molecule has 0 bridgehead atoms. The molecule has 30 heavy (non-hydrogen) atoms. The van der Waals surface area contributed by atoms with Crippen LogP contribution in [0.2, 0.25) is 0 Å². The molecule has 4 rings (SSSR count). The average Bonchev–Trinajstić information content (AvgIpc) is 3.33. The van der Waals surface area contributed by atoms with Crippen LogP contribution in [0.1, 0.15) is 33.6 Å². The van der Waals surface area contributed by atoms with Crippen LogP contribution in [0, 0.1) is 5.92 Å². The zero-order valence-electron chi connectivity index (χ0n) is 17.9. The first-order valence-electron chi connectivity index (χ1n) is 10.2. The summed E-state index contributed by atoms with van der Waals surface area (Å²) in [5, 5.41) is 8.55. The standard InChI is InChI=1S/C21H28N6O3/c1-21(2,3)30-20(28)26-9-5-6-15(11-26)14-29-19-18-7-8-22-27(18)13-17(24-19)16-10-23-25(4)12-16/h7-8,10,12-13,15H,5-6,9,11,14H2,1-4H3/t15-/m0/s1. The highest BCUT2D eigenvalue weighted by atomic mass is 16.6. The van der Waals surface area contributed by atoms with Gasteiger partial charge in [0.15, 0.2) is 0 Å². The molecule has 160 valence electrons. The molecule has 1 saturated heterocycles. The fourth-order valence-electron chi connectivity index (χ4n) is 3.59. The second kappa shape index (κ2) is 7.97. The number of carbonyl (C=O) groups excluding carboxylic acids is 1. The third-order valence-electron chi connectivity index (χ3n) is 4.98. The van der Waals surface area contributed by atoms with Crippen molar-refractivity contribution >= 4 is 11.6 Å². The van der Waals surface area contributed by atoms with E-state index in [4.69, 9.17) is 14.5 Å². The Morgan fingerprint density at radius 1 is 1.27 bits per heavy atom. The lowest BCUT2D eigenvalue weighted by Crippen LogP contribution is -2.44. The van der Waals surface area contributed by atoms with Gasteiger partial charge in [-0.1, -0.05) is 0 Å². The van der Waals surface area contributed by atoms with E-state index in [1.165, 1.54) is 0 Å². The molecular weight excluding hydrogens is 384 g/mol. The molecule has 3 aromatic rings. The van der Waals surface area contributed by atoms with Gasteiger partial charge in [-0.3, -0.25) is 4.68 Å². The van der Waals surface area contributed by atoms with Crippen molar-refractivity contribution in [3.05, 3.63) is 30.9 Å². The number of nitrogens with zero attached hydrogens (tertiary/aromatic N) is 6. The molecular formula is C21H28N6O3. The molecule has 9 nitrogen and oxygen atoms in total. The average molecular weight is 412 g/mol. The maximum absolute atomic E-state index is 12.4. The molecule has 9 heteroatoms. The monoisotopic (exact) mass is 412 g/mol. The quantitative estimate of drug-likeness (QED) is 0.654. The molecule has 0 aromatic carbocycles. The molecule has 0 saturated carbocycles. The Hall–Kier alpha value is -3.10. The lowest BCUT2D eigenvalue weighted by Gasteiger charge is -2.33. The molecule has 3 aromatic heterocycles. The SMILES string of the molecule is Cn1cc(-c2cn3nccc3c(OC[C@H]3CCCN(C(=O)OC(C)(C)C)C3)n2)cn1. The van der Waals surface area contributed by atoms with E-state index in [0.29, 0.717) is 25.6 Å². The normalized spacial score (nSPS) is 17.3. The summed E-state index contributed by atoms with van der Waals surface area (Å²) in [7, 11) is 1.87. The van der Waals surface area contributed by atoms with Crippen molar-refractivity contribution in [3.63, 3.8) is 0 Å². The van der Waals surface area contributed by atoms with Crippen LogP contribution in [0.5, 0.6) is 5.88 Å². The maximum atomic E-state index is 12.4. The Bertz CT molecular complexity index is 1030. The number of fused-ring (bicyclic) bond motifs is 1. The van der Waals surface area contributed by atoms with Crippen LogP contribution >= 0.6 is 0 Å². The summed E-state index contributed by atoms with van der Waals surface area (Å²) in [5.74, 6) is 0.751. The summed E-state index contributed by atoms with van der Waals surface area (Å²) < 4.78 is 15.2. The smallest absolute Gasteiger partial charge is 0.410 e. The minimum atomic E-state index is -0.495. The van der Waals surface area contributed by atoms with Crippen molar-refractivity contribution in [3.8, 4) is 17.1 Å². The predicted molar refractivity (Wildman–Crippen MR) is 111 cm³/mol. The fourth-order valence-corrected chi connectivity index (χ4v) is 3.59. The topological polar surface area (TPSA) is 86.8 Å². The number of hydrogen-bond acceptors (Lipinski definition) is 6. The molecule has 4 heterocycles. The summed E-state index contributed by atoms with van der Waals surface area (Å²) >= 11 is 0. The van der Waals surface area contributed by atoms with Gasteiger partial charge in [-0.05, 0) is 39.7 Å². The minimum absolute atomic E-state index is 0.220. The van der Waals surface area contributed by atoms with Crippen molar-refractivity contribution in [1.29, 1.82) is 0 Å². The van der Waals surface area contributed by atoms with Gasteiger partial charge in [0.2, 0.25) is 5.88 Å². The third kappa shape index (κ3) is 4.55. The van der Waals surface area contributed by atoms with Crippen LogP contribution in [0.3, 0.4) is 0 Å². The lowest BCUT2D eigenvalue weighted by molar-refractivity contribution is 0.0138. The van der Waals surface area contributed by atoms with E-state index < -0.39 is 5.60 Å². The molecule has 1 atom stereocenters. The minimum Gasteiger partial charge on any atom is -0.476 e. The highest BCUT2D eigenvalue weighted by molar-refractivity contribution is 5.68. The van der Waals surface area contributed by atoms with Gasteiger partial charge in [-0.15, -0.1) is 0 Å². The summed E-state index contributed by atoms with van der Waals surface area (Å²) in [6.45, 7) is 7.46. The Labute approximate surface area is 175 Å². The molecule has 0 spiro atoms. The zero-order valence-corrected chi connectivity index (χ0v) is 17.9. The second-order valence-electron chi connectivity index (χ2n) is 8.74. The van der Waals surface area contributed by atoms with Gasteiger partial charge >= 0.3 is 6.09 Å². The highest BCUT2D eigenvalue weighted by Crippen LogP contribution is 2.25. The Balaban J connectivity index is 1.47. The maximum Gasteiger partial charge on any atom is 0.410 e. The van der Waals surface area contributed by atoms with Crippen LogP contribution in [0.15, 0.2) is 30.9 Å². The number of piperidine rings is 1. The Morgan fingerprint density at radius 3 is 2.83 bits per heavy atom. The summed E-state index contributed by atoms with van der Waals surface area (Å²) in [6.07, 6.45) is 8.92. The van der Waals surface area contributed by atoms with E-state index in [1.807, 2.05) is 46.3 Å². The van der Waals surface area contributed by atoms with Crippen molar-refractivity contribution in [2.24, 2.45) is 13.0 Å². The number of amides is 1. The molecule has 1 amide bonds. The number of aryl methyl sites for hydroxylation is 1. The summed E-state index contributed by atoms with van der Waals surface area (Å²) in [5.41, 5.74) is 1.95. The first-order chi connectivity index (χ1) is 14.3. The van der Waals surface area contributed by atoms with Crippen LogP contribution < -0.4 is 4.74 Å². The van der Waals surface area contributed by atoms with E-state index in [-0.39, 0.29) is 12.0 Å². The Kier molecular flexibility index (Phi) is 5.36. The van der Waals surface area contributed by atoms with E-state index in [1.54, 1.807) is 26.5 Å². The first kappa shape index (κ1) is 20.2. The largest absolute Gasteiger partial charge is 0.476 e. The lowest BCUT2D eigenvalue weighted by atomic mass is 9.99. The predicted octanol–water partition coefficient (Wildman–Crippen LogP) is 3.16. The molecule has 0 unspecified atom stereocenters. The molecule has 0 radical (unpaired) electrons. The van der Waals surface area contributed by atoms with Gasteiger partial charge in [0, 0.05) is 37.8 Å². The number of aromatic nitrogens is 5. The Morgan fingerprint density at radius 2 is 2.10 bits per heavy atom. The van der Waals surface area contributed by atoms with Gasteiger partial charge in [0.25, 0.3) is 0 Å². The third-order valence-corrected chi connectivity index (χ3v) is 4.98. The van der Waals surface area contributed by atoms with Crippen molar-refractivity contribution in [1.82, 2.24) is 29.3 Å². The number of carbonyl (C=O) groups is 1. The number of ether oxygens (including phenoxy) is 2. The van der Waals surface area contributed by atoms with E-state index in [0.717, 1.165) is 29.6 Å². The van der Waals surface area contributed by atoms with E-state index in [9.17, 15) is 4.79 Å². The van der Waals surface area contributed by atoms with Gasteiger partial charge in [0.05, 0.1) is 30.9 Å². The molecule has 0 aliphatic carbocycles. The highest BCUT2D eigenvalue weighted by Gasteiger charge is 2.28. The van der Waals surface area contributed by atoms with Crippen molar-refractivity contribution in [2.45, 2.75) is 39.2 Å².